The number of carboxylic acid groups (broad SMARTS) is 1. The van der Waals surface area contributed by atoms with Gasteiger partial charge in [0.15, 0.2) is 0 Å². The molecule has 1 amide bonds. The molecule has 0 aromatic heterocycles. The molecule has 2 unspecified atom stereocenters. The molecule has 0 aromatic carbocycles. The molecule has 0 aromatic rings. The highest BCUT2D eigenvalue weighted by Gasteiger charge is 2.27. The van der Waals surface area contributed by atoms with Crippen molar-refractivity contribution >= 4 is 6.09 Å². The molecule has 0 radical (unpaired) electrons. The Kier molecular flexibility index (Phi) is 2.67. The third-order valence-corrected chi connectivity index (χ3v) is 1.88. The highest BCUT2D eigenvalue weighted by molar-refractivity contribution is 5.65. The van der Waals surface area contributed by atoms with Gasteiger partial charge in [-0.05, 0) is 0 Å². The third-order valence-electron chi connectivity index (χ3n) is 1.88. The number of hydrogen-bond acceptors (Lipinski definition) is 3. The van der Waals surface area contributed by atoms with Gasteiger partial charge in [-0.25, -0.2) is 4.79 Å². The predicted octanol–water partition coefficient (Wildman–Crippen LogP) is -1.17. The Morgan fingerprint density at radius 2 is 2.36 bits per heavy atom. The van der Waals surface area contributed by atoms with Crippen LogP contribution in [0.2, 0.25) is 0 Å². The molecule has 1 fully saturated rings. The second-order valence-corrected chi connectivity index (χ2v) is 2.66. The van der Waals surface area contributed by atoms with E-state index in [4.69, 9.17) is 10.2 Å². The van der Waals surface area contributed by atoms with E-state index >= 15 is 0 Å². The van der Waals surface area contributed by atoms with Gasteiger partial charge in [-0.3, -0.25) is 0 Å². The molecule has 1 rings (SSSR count). The smallest absolute Gasteiger partial charge is 0.404 e. The second-order valence-electron chi connectivity index (χ2n) is 2.66. The van der Waals surface area contributed by atoms with E-state index in [9.17, 15) is 4.79 Å². The summed E-state index contributed by atoms with van der Waals surface area (Å²) in [6.45, 7) is 1.32. The van der Waals surface area contributed by atoms with E-state index in [1.807, 2.05) is 0 Å². The van der Waals surface area contributed by atoms with Crippen LogP contribution in [0.5, 0.6) is 0 Å². The molecule has 0 saturated carbocycles. The minimum atomic E-state index is -1.03. The van der Waals surface area contributed by atoms with Gasteiger partial charge in [0, 0.05) is 25.6 Å². The van der Waals surface area contributed by atoms with E-state index in [2.05, 4.69) is 10.6 Å². The van der Waals surface area contributed by atoms with Crippen LogP contribution in [0.15, 0.2) is 0 Å². The maximum atomic E-state index is 10.2. The van der Waals surface area contributed by atoms with Crippen LogP contribution in [0.4, 0.5) is 4.79 Å². The van der Waals surface area contributed by atoms with Crippen molar-refractivity contribution in [2.45, 2.75) is 6.04 Å². The summed E-state index contributed by atoms with van der Waals surface area (Å²) in [6, 6.07) is -0.141. The Labute approximate surface area is 64.4 Å². The fourth-order valence-corrected chi connectivity index (χ4v) is 1.25. The SMILES string of the molecule is O=C(O)NC1CNCC1CO. The van der Waals surface area contributed by atoms with Gasteiger partial charge < -0.3 is 20.8 Å². The van der Waals surface area contributed by atoms with Gasteiger partial charge in [-0.1, -0.05) is 0 Å². The van der Waals surface area contributed by atoms with E-state index < -0.39 is 6.09 Å². The van der Waals surface area contributed by atoms with E-state index in [-0.39, 0.29) is 18.6 Å². The van der Waals surface area contributed by atoms with Crippen LogP contribution in [0.3, 0.4) is 0 Å². The summed E-state index contributed by atoms with van der Waals surface area (Å²) in [7, 11) is 0. The summed E-state index contributed by atoms with van der Waals surface area (Å²) >= 11 is 0. The van der Waals surface area contributed by atoms with Gasteiger partial charge in [-0.2, -0.15) is 0 Å². The lowest BCUT2D eigenvalue weighted by Gasteiger charge is -2.14. The van der Waals surface area contributed by atoms with Crippen LogP contribution in [-0.2, 0) is 0 Å². The van der Waals surface area contributed by atoms with Gasteiger partial charge >= 0.3 is 6.09 Å². The lowest BCUT2D eigenvalue weighted by atomic mass is 10.1. The molecule has 0 aliphatic carbocycles. The third kappa shape index (κ3) is 2.06. The molecule has 5 heteroatoms. The van der Waals surface area contributed by atoms with Crippen molar-refractivity contribution in [1.82, 2.24) is 10.6 Å². The molecule has 1 heterocycles. The van der Waals surface area contributed by atoms with Crippen LogP contribution < -0.4 is 10.6 Å². The number of nitrogens with one attached hydrogen (secondary N) is 2. The Morgan fingerprint density at radius 1 is 1.64 bits per heavy atom. The number of hydrogen-bond donors (Lipinski definition) is 4. The summed E-state index contributed by atoms with van der Waals surface area (Å²) in [5.41, 5.74) is 0. The van der Waals surface area contributed by atoms with Crippen LogP contribution in [0.25, 0.3) is 0 Å². The molecule has 5 nitrogen and oxygen atoms in total. The van der Waals surface area contributed by atoms with Crippen molar-refractivity contribution in [2.75, 3.05) is 19.7 Å². The first-order valence-electron chi connectivity index (χ1n) is 3.55. The molecule has 11 heavy (non-hydrogen) atoms. The van der Waals surface area contributed by atoms with Crippen molar-refractivity contribution in [2.24, 2.45) is 5.92 Å². The summed E-state index contributed by atoms with van der Waals surface area (Å²) in [5, 5.41) is 22.5. The highest BCUT2D eigenvalue weighted by atomic mass is 16.4. The molecule has 0 spiro atoms. The lowest BCUT2D eigenvalue weighted by molar-refractivity contribution is 0.177. The van der Waals surface area contributed by atoms with Crippen molar-refractivity contribution in [3.8, 4) is 0 Å². The second kappa shape index (κ2) is 3.54. The number of amides is 1. The fraction of sp³-hybridized carbons (Fsp3) is 0.833. The van der Waals surface area contributed by atoms with Gasteiger partial charge in [0.25, 0.3) is 0 Å². The molecule has 4 N–H and O–H groups in total. The van der Waals surface area contributed by atoms with Gasteiger partial charge in [0.2, 0.25) is 0 Å². The predicted molar refractivity (Wildman–Crippen MR) is 38.4 cm³/mol. The first-order valence-corrected chi connectivity index (χ1v) is 3.55. The Balaban J connectivity index is 2.37. The van der Waals surface area contributed by atoms with Crippen LogP contribution in [0, 0.1) is 5.92 Å². The largest absolute Gasteiger partial charge is 0.465 e. The zero-order valence-electron chi connectivity index (χ0n) is 6.08. The topological polar surface area (TPSA) is 81.6 Å². The van der Waals surface area contributed by atoms with Crippen molar-refractivity contribution in [3.05, 3.63) is 0 Å². The Morgan fingerprint density at radius 3 is 2.91 bits per heavy atom. The minimum absolute atomic E-state index is 0.0195. The average Bonchev–Trinajstić information content (AvgIpc) is 2.34. The molecule has 1 saturated heterocycles. The van der Waals surface area contributed by atoms with Crippen molar-refractivity contribution in [1.29, 1.82) is 0 Å². The summed E-state index contributed by atoms with van der Waals surface area (Å²) < 4.78 is 0. The first-order chi connectivity index (χ1) is 5.24. The number of carbonyl (C=O) groups is 1. The number of aliphatic hydroxyl groups excluding tert-OH is 1. The zero-order valence-corrected chi connectivity index (χ0v) is 6.08. The molecular weight excluding hydrogens is 148 g/mol. The van der Waals surface area contributed by atoms with Gasteiger partial charge in [0.1, 0.15) is 0 Å². The van der Waals surface area contributed by atoms with E-state index in [0.29, 0.717) is 13.1 Å². The molecule has 2 atom stereocenters. The Hall–Kier alpha value is -0.810. The van der Waals surface area contributed by atoms with Gasteiger partial charge in [0.05, 0.1) is 6.04 Å². The standard InChI is InChI=1S/C6H12N2O3/c9-3-4-1-7-2-5(4)8-6(10)11/h4-5,7-9H,1-3H2,(H,10,11). The molecular formula is C6H12N2O3. The summed E-state index contributed by atoms with van der Waals surface area (Å²) in [5.74, 6) is 0.0195. The van der Waals surface area contributed by atoms with Crippen LogP contribution >= 0.6 is 0 Å². The van der Waals surface area contributed by atoms with E-state index in [0.717, 1.165) is 0 Å². The summed E-state index contributed by atoms with van der Waals surface area (Å²) in [4.78, 5) is 10.2. The fourth-order valence-electron chi connectivity index (χ4n) is 1.25. The van der Waals surface area contributed by atoms with Crippen molar-refractivity contribution < 1.29 is 15.0 Å². The molecule has 0 bridgehead atoms. The maximum Gasteiger partial charge on any atom is 0.404 e. The quantitative estimate of drug-likeness (QED) is 0.410. The minimum Gasteiger partial charge on any atom is -0.465 e. The van der Waals surface area contributed by atoms with Gasteiger partial charge in [-0.15, -0.1) is 0 Å². The first kappa shape index (κ1) is 8.29. The summed E-state index contributed by atoms with van der Waals surface area (Å²) in [6.07, 6.45) is -1.03. The molecule has 1 aliphatic rings. The highest BCUT2D eigenvalue weighted by Crippen LogP contribution is 2.07. The maximum absolute atomic E-state index is 10.2. The van der Waals surface area contributed by atoms with Crippen LogP contribution in [-0.4, -0.2) is 42.0 Å². The molecule has 64 valence electrons. The van der Waals surface area contributed by atoms with Crippen LogP contribution in [0.1, 0.15) is 0 Å². The van der Waals surface area contributed by atoms with Crippen molar-refractivity contribution in [3.63, 3.8) is 0 Å². The average molecular weight is 160 g/mol. The Bertz CT molecular complexity index is 151. The van der Waals surface area contributed by atoms with E-state index in [1.165, 1.54) is 0 Å². The normalized spacial score (nSPS) is 30.3. The van der Waals surface area contributed by atoms with E-state index in [1.54, 1.807) is 0 Å². The monoisotopic (exact) mass is 160 g/mol. The number of rotatable bonds is 2. The molecule has 1 aliphatic heterocycles. The number of aliphatic hydroxyl groups is 1. The lowest BCUT2D eigenvalue weighted by Crippen LogP contribution is -2.40. The zero-order chi connectivity index (χ0) is 8.27.